The number of nitrogens with zero attached hydrogens (tertiary/aromatic N) is 1. The zero-order valence-corrected chi connectivity index (χ0v) is 11.4. The van der Waals surface area contributed by atoms with Gasteiger partial charge in [-0.25, -0.2) is 4.79 Å². The number of amides is 2. The second kappa shape index (κ2) is 7.71. The lowest BCUT2D eigenvalue weighted by Gasteiger charge is -2.17. The number of rotatable bonds is 6. The third kappa shape index (κ3) is 6.25. The number of carbonyl (C=O) groups excluding carboxylic acids is 1. The van der Waals surface area contributed by atoms with Gasteiger partial charge in [0.2, 0.25) is 0 Å². The van der Waals surface area contributed by atoms with Crippen molar-refractivity contribution in [3.63, 3.8) is 0 Å². The minimum atomic E-state index is -0.0990. The van der Waals surface area contributed by atoms with Crippen molar-refractivity contribution in [2.24, 2.45) is 0 Å². The maximum absolute atomic E-state index is 11.4. The van der Waals surface area contributed by atoms with Crippen LogP contribution in [0.25, 0.3) is 0 Å². The first kappa shape index (κ1) is 14.5. The van der Waals surface area contributed by atoms with E-state index in [1.807, 2.05) is 32.0 Å². The van der Waals surface area contributed by atoms with E-state index in [0.717, 1.165) is 13.1 Å². The zero-order chi connectivity index (χ0) is 13.4. The Balaban J connectivity index is 2.18. The van der Waals surface area contributed by atoms with Gasteiger partial charge >= 0.3 is 6.03 Å². The van der Waals surface area contributed by atoms with Crippen LogP contribution in [-0.2, 0) is 6.54 Å². The van der Waals surface area contributed by atoms with Crippen LogP contribution in [0.3, 0.4) is 0 Å². The molecule has 0 aliphatic heterocycles. The van der Waals surface area contributed by atoms with Gasteiger partial charge < -0.3 is 15.5 Å². The van der Waals surface area contributed by atoms with Crippen LogP contribution in [0.2, 0.25) is 0 Å². The maximum atomic E-state index is 11.4. The minimum absolute atomic E-state index is 0.0990. The fourth-order valence-corrected chi connectivity index (χ4v) is 1.65. The average Bonchev–Trinajstić information content (AvgIpc) is 2.29. The molecular weight excluding hydrogens is 226 g/mol. The second-order valence-electron chi connectivity index (χ2n) is 4.78. The van der Waals surface area contributed by atoms with Crippen molar-refractivity contribution in [2.75, 3.05) is 20.1 Å². The van der Waals surface area contributed by atoms with Crippen molar-refractivity contribution in [3.8, 4) is 0 Å². The molecule has 2 N–H and O–H groups in total. The van der Waals surface area contributed by atoms with E-state index in [0.29, 0.717) is 6.54 Å². The molecule has 0 radical (unpaired) electrons. The third-order valence-electron chi connectivity index (χ3n) is 2.49. The van der Waals surface area contributed by atoms with Gasteiger partial charge in [-0.15, -0.1) is 0 Å². The molecule has 0 aromatic heterocycles. The Bertz CT molecular complexity index is 351. The van der Waals surface area contributed by atoms with E-state index < -0.39 is 0 Å². The van der Waals surface area contributed by atoms with Crippen LogP contribution in [-0.4, -0.2) is 37.1 Å². The summed E-state index contributed by atoms with van der Waals surface area (Å²) in [6, 6.07) is 10.4. The monoisotopic (exact) mass is 249 g/mol. The van der Waals surface area contributed by atoms with Crippen molar-refractivity contribution < 1.29 is 4.79 Å². The summed E-state index contributed by atoms with van der Waals surface area (Å²) in [4.78, 5) is 13.5. The number of nitrogens with one attached hydrogen (secondary N) is 2. The van der Waals surface area contributed by atoms with Crippen LogP contribution >= 0.6 is 0 Å². The Morgan fingerprint density at radius 2 is 1.94 bits per heavy atom. The third-order valence-corrected chi connectivity index (χ3v) is 2.49. The first-order chi connectivity index (χ1) is 8.58. The van der Waals surface area contributed by atoms with Crippen LogP contribution in [0, 0.1) is 0 Å². The molecule has 0 unspecified atom stereocenters. The molecule has 100 valence electrons. The fourth-order valence-electron chi connectivity index (χ4n) is 1.65. The van der Waals surface area contributed by atoms with Crippen molar-refractivity contribution in [2.45, 2.75) is 26.4 Å². The Morgan fingerprint density at radius 1 is 1.28 bits per heavy atom. The number of hydrogen-bond donors (Lipinski definition) is 2. The largest absolute Gasteiger partial charge is 0.337 e. The van der Waals surface area contributed by atoms with Crippen molar-refractivity contribution in [3.05, 3.63) is 35.9 Å². The summed E-state index contributed by atoms with van der Waals surface area (Å²) in [5.41, 5.74) is 1.28. The smallest absolute Gasteiger partial charge is 0.315 e. The molecule has 0 saturated heterocycles. The highest BCUT2D eigenvalue weighted by Crippen LogP contribution is 2.01. The van der Waals surface area contributed by atoms with E-state index in [-0.39, 0.29) is 12.1 Å². The summed E-state index contributed by atoms with van der Waals surface area (Å²) in [6.45, 7) is 6.28. The molecule has 0 fully saturated rings. The summed E-state index contributed by atoms with van der Waals surface area (Å²) < 4.78 is 0. The molecule has 0 heterocycles. The Hall–Kier alpha value is -1.55. The number of likely N-dealkylation sites (N-methyl/N-ethyl adjacent to an activating group) is 1. The average molecular weight is 249 g/mol. The van der Waals surface area contributed by atoms with Gasteiger partial charge in [0.25, 0.3) is 0 Å². The molecule has 4 heteroatoms. The molecule has 4 nitrogen and oxygen atoms in total. The molecule has 0 saturated carbocycles. The lowest BCUT2D eigenvalue weighted by atomic mass is 10.2. The standard InChI is InChI=1S/C14H23N3O/c1-12(2)16-14(18)15-9-10-17(3)11-13-7-5-4-6-8-13/h4-8,12H,9-11H2,1-3H3,(H2,15,16,18). The quantitative estimate of drug-likeness (QED) is 0.808. The molecule has 1 rings (SSSR count). The summed E-state index contributed by atoms with van der Waals surface area (Å²) in [5.74, 6) is 0. The maximum Gasteiger partial charge on any atom is 0.315 e. The molecule has 0 spiro atoms. The molecule has 1 aromatic rings. The van der Waals surface area contributed by atoms with Crippen LogP contribution in [0.5, 0.6) is 0 Å². The summed E-state index contributed by atoms with van der Waals surface area (Å²) >= 11 is 0. The summed E-state index contributed by atoms with van der Waals surface area (Å²) in [5, 5.41) is 5.64. The Morgan fingerprint density at radius 3 is 2.56 bits per heavy atom. The number of carbonyl (C=O) groups is 1. The predicted molar refractivity (Wildman–Crippen MR) is 74.4 cm³/mol. The van der Waals surface area contributed by atoms with E-state index >= 15 is 0 Å². The minimum Gasteiger partial charge on any atom is -0.337 e. The molecule has 18 heavy (non-hydrogen) atoms. The molecule has 0 atom stereocenters. The summed E-state index contributed by atoms with van der Waals surface area (Å²) in [6.07, 6.45) is 0. The van der Waals surface area contributed by atoms with Crippen molar-refractivity contribution >= 4 is 6.03 Å². The van der Waals surface area contributed by atoms with Crippen LogP contribution in [0.4, 0.5) is 4.79 Å². The van der Waals surface area contributed by atoms with Gasteiger partial charge in [0.15, 0.2) is 0 Å². The highest BCUT2D eigenvalue weighted by Gasteiger charge is 2.03. The first-order valence-electron chi connectivity index (χ1n) is 6.34. The van der Waals surface area contributed by atoms with Gasteiger partial charge in [0, 0.05) is 25.7 Å². The van der Waals surface area contributed by atoms with E-state index in [9.17, 15) is 4.79 Å². The van der Waals surface area contributed by atoms with Gasteiger partial charge in [-0.1, -0.05) is 30.3 Å². The lowest BCUT2D eigenvalue weighted by Crippen LogP contribution is -2.42. The molecule has 0 aliphatic rings. The first-order valence-corrected chi connectivity index (χ1v) is 6.34. The van der Waals surface area contributed by atoms with Crippen LogP contribution in [0.1, 0.15) is 19.4 Å². The number of benzene rings is 1. The van der Waals surface area contributed by atoms with Crippen LogP contribution < -0.4 is 10.6 Å². The van der Waals surface area contributed by atoms with Crippen molar-refractivity contribution in [1.82, 2.24) is 15.5 Å². The van der Waals surface area contributed by atoms with Crippen LogP contribution in [0.15, 0.2) is 30.3 Å². The van der Waals surface area contributed by atoms with Gasteiger partial charge in [0.1, 0.15) is 0 Å². The van der Waals surface area contributed by atoms with E-state index in [2.05, 4.69) is 34.7 Å². The van der Waals surface area contributed by atoms with E-state index in [1.165, 1.54) is 5.56 Å². The normalized spacial score (nSPS) is 10.7. The van der Waals surface area contributed by atoms with Gasteiger partial charge in [0.05, 0.1) is 0 Å². The predicted octanol–water partition coefficient (Wildman–Crippen LogP) is 1.83. The molecule has 2 amide bonds. The fraction of sp³-hybridized carbons (Fsp3) is 0.500. The molecule has 0 aliphatic carbocycles. The van der Waals surface area contributed by atoms with E-state index in [4.69, 9.17) is 0 Å². The summed E-state index contributed by atoms with van der Waals surface area (Å²) in [7, 11) is 2.05. The van der Waals surface area contributed by atoms with Gasteiger partial charge in [-0.05, 0) is 26.5 Å². The Labute approximate surface area is 109 Å². The molecule has 0 bridgehead atoms. The lowest BCUT2D eigenvalue weighted by molar-refractivity contribution is 0.235. The number of hydrogen-bond acceptors (Lipinski definition) is 2. The highest BCUT2D eigenvalue weighted by atomic mass is 16.2. The number of urea groups is 1. The molecular formula is C14H23N3O. The van der Waals surface area contributed by atoms with Crippen molar-refractivity contribution in [1.29, 1.82) is 0 Å². The molecule has 1 aromatic carbocycles. The SMILES string of the molecule is CC(C)NC(=O)NCCN(C)Cc1ccccc1. The highest BCUT2D eigenvalue weighted by molar-refractivity contribution is 5.74. The van der Waals surface area contributed by atoms with Gasteiger partial charge in [-0.3, -0.25) is 0 Å². The Kier molecular flexibility index (Phi) is 6.22. The van der Waals surface area contributed by atoms with Gasteiger partial charge in [-0.2, -0.15) is 0 Å². The topological polar surface area (TPSA) is 44.4 Å². The second-order valence-corrected chi connectivity index (χ2v) is 4.78. The van der Waals surface area contributed by atoms with E-state index in [1.54, 1.807) is 0 Å². The zero-order valence-electron chi connectivity index (χ0n) is 11.4.